The number of nitrogens with zero attached hydrogens (tertiary/aromatic N) is 8. The molecule has 1 amide bonds. The van der Waals surface area contributed by atoms with Crippen molar-refractivity contribution in [1.82, 2.24) is 29.2 Å². The van der Waals surface area contributed by atoms with E-state index in [9.17, 15) is 4.79 Å². The van der Waals surface area contributed by atoms with Crippen molar-refractivity contribution in [2.24, 2.45) is 5.92 Å². The van der Waals surface area contributed by atoms with Crippen LogP contribution in [0.2, 0.25) is 5.02 Å². The van der Waals surface area contributed by atoms with Crippen molar-refractivity contribution >= 4 is 34.9 Å². The molecule has 0 bridgehead atoms. The van der Waals surface area contributed by atoms with Gasteiger partial charge in [-0.3, -0.25) is 4.79 Å². The number of hydrogen-bond acceptors (Lipinski definition) is 7. The number of pyridine rings is 1. The van der Waals surface area contributed by atoms with Crippen LogP contribution in [0.4, 0.5) is 11.8 Å². The first-order chi connectivity index (χ1) is 16.7. The van der Waals surface area contributed by atoms with Crippen LogP contribution in [-0.4, -0.2) is 87.9 Å². The van der Waals surface area contributed by atoms with E-state index in [-0.39, 0.29) is 11.8 Å². The van der Waals surface area contributed by atoms with Gasteiger partial charge in [0, 0.05) is 52.0 Å². The third kappa shape index (κ3) is 4.21. The third-order valence-electron chi connectivity index (χ3n) is 7.70. The Morgan fingerprint density at radius 3 is 2.63 bits per heavy atom. The summed E-state index contributed by atoms with van der Waals surface area (Å²) in [5, 5.41) is 0.515. The first-order valence-corrected chi connectivity index (χ1v) is 12.5. The molecule has 0 aliphatic carbocycles. The number of piperazine rings is 1. The lowest BCUT2D eigenvalue weighted by Crippen LogP contribution is -2.57. The number of likely N-dealkylation sites (N-methyl/N-ethyl adjacent to an activating group) is 1. The Balaban J connectivity index is 1.27. The fraction of sp³-hybridized carbons (Fsp3) is 0.520. The van der Waals surface area contributed by atoms with Crippen LogP contribution in [0.5, 0.6) is 0 Å². The van der Waals surface area contributed by atoms with Gasteiger partial charge in [0.25, 0.3) is 0 Å². The zero-order chi connectivity index (χ0) is 24.9. The summed E-state index contributed by atoms with van der Waals surface area (Å²) in [5.41, 5.74) is 1.33. The maximum Gasteiger partial charge on any atom is 0.229 e. The molecule has 2 saturated heterocycles. The smallest absolute Gasteiger partial charge is 0.229 e. The number of halogens is 1. The number of carbonyl (C=O) groups is 1. The molecule has 186 valence electrons. The van der Waals surface area contributed by atoms with E-state index in [2.05, 4.69) is 52.5 Å². The second-order valence-corrected chi connectivity index (χ2v) is 10.7. The average molecular weight is 497 g/mol. The van der Waals surface area contributed by atoms with E-state index >= 15 is 0 Å². The summed E-state index contributed by atoms with van der Waals surface area (Å²) in [6.07, 6.45) is 5.52. The van der Waals surface area contributed by atoms with Crippen molar-refractivity contribution < 1.29 is 4.79 Å². The highest BCUT2D eigenvalue weighted by Gasteiger charge is 2.41. The van der Waals surface area contributed by atoms with Crippen molar-refractivity contribution in [3.05, 3.63) is 47.5 Å². The predicted octanol–water partition coefficient (Wildman–Crippen LogP) is 2.75. The van der Waals surface area contributed by atoms with Crippen LogP contribution in [0, 0.1) is 5.92 Å². The second kappa shape index (κ2) is 8.95. The normalized spacial score (nSPS) is 19.8. The molecule has 2 fully saturated rings. The van der Waals surface area contributed by atoms with Crippen LogP contribution in [-0.2, 0) is 10.3 Å². The molecule has 0 radical (unpaired) electrons. The zero-order valence-electron chi connectivity index (χ0n) is 21.0. The highest BCUT2D eigenvalue weighted by Crippen LogP contribution is 2.34. The van der Waals surface area contributed by atoms with Gasteiger partial charge in [-0.25, -0.2) is 9.97 Å². The van der Waals surface area contributed by atoms with Gasteiger partial charge in [0.15, 0.2) is 5.82 Å². The lowest BCUT2D eigenvalue weighted by Gasteiger charge is -2.44. The first-order valence-electron chi connectivity index (χ1n) is 12.1. The zero-order valence-corrected chi connectivity index (χ0v) is 21.8. The Hall–Kier alpha value is -2.91. The number of fused-ring (bicyclic) bond motifs is 1. The SMILES string of the molecule is C[C@H]1CN(c2ncc(Cl)c(N3CC(C(=O)N(C)C(C)(C)c4cnc5ccccn45)C3)n2)CCN1C. The van der Waals surface area contributed by atoms with E-state index < -0.39 is 5.54 Å². The first kappa shape index (κ1) is 23.8. The Morgan fingerprint density at radius 2 is 1.89 bits per heavy atom. The number of imidazole rings is 1. The number of rotatable bonds is 5. The molecular weight excluding hydrogens is 464 g/mol. The van der Waals surface area contributed by atoms with Gasteiger partial charge in [-0.1, -0.05) is 17.7 Å². The van der Waals surface area contributed by atoms with E-state index in [1.54, 1.807) is 6.20 Å². The Morgan fingerprint density at radius 1 is 1.11 bits per heavy atom. The van der Waals surface area contributed by atoms with E-state index in [0.29, 0.717) is 35.9 Å². The minimum atomic E-state index is -0.518. The molecule has 9 nitrogen and oxygen atoms in total. The van der Waals surface area contributed by atoms with E-state index in [1.807, 2.05) is 46.9 Å². The quantitative estimate of drug-likeness (QED) is 0.537. The molecule has 0 saturated carbocycles. The molecule has 0 aromatic carbocycles. The van der Waals surface area contributed by atoms with E-state index in [4.69, 9.17) is 16.6 Å². The van der Waals surface area contributed by atoms with Crippen molar-refractivity contribution in [2.75, 3.05) is 56.6 Å². The van der Waals surface area contributed by atoms with Crippen LogP contribution in [0.15, 0.2) is 36.8 Å². The summed E-state index contributed by atoms with van der Waals surface area (Å²) < 4.78 is 2.04. The van der Waals surface area contributed by atoms with Crippen LogP contribution < -0.4 is 9.80 Å². The second-order valence-electron chi connectivity index (χ2n) is 10.2. The molecule has 2 aliphatic heterocycles. The average Bonchev–Trinajstić information content (AvgIpc) is 3.25. The van der Waals surface area contributed by atoms with Crippen molar-refractivity contribution in [1.29, 1.82) is 0 Å². The van der Waals surface area contributed by atoms with E-state index in [0.717, 1.165) is 31.0 Å². The summed E-state index contributed by atoms with van der Waals surface area (Å²) in [5.74, 6) is 1.40. The fourth-order valence-electron chi connectivity index (χ4n) is 4.87. The van der Waals surface area contributed by atoms with Gasteiger partial charge < -0.3 is 24.0 Å². The van der Waals surface area contributed by atoms with Crippen molar-refractivity contribution in [3.8, 4) is 0 Å². The maximum absolute atomic E-state index is 13.4. The predicted molar refractivity (Wildman–Crippen MR) is 138 cm³/mol. The Kier molecular flexibility index (Phi) is 6.09. The van der Waals surface area contributed by atoms with Crippen LogP contribution in [0.3, 0.4) is 0 Å². The molecule has 10 heteroatoms. The molecular formula is C25H33ClN8O. The Labute approximate surface area is 211 Å². The van der Waals surface area contributed by atoms with E-state index in [1.165, 1.54) is 0 Å². The van der Waals surface area contributed by atoms with Gasteiger partial charge in [0.1, 0.15) is 10.7 Å². The van der Waals surface area contributed by atoms with Gasteiger partial charge >= 0.3 is 0 Å². The Bertz CT molecular complexity index is 1240. The van der Waals surface area contributed by atoms with Gasteiger partial charge in [-0.05, 0) is 40.0 Å². The number of carbonyl (C=O) groups excluding carboxylic acids is 1. The number of anilines is 2. The summed E-state index contributed by atoms with van der Waals surface area (Å²) in [4.78, 5) is 35.7. The minimum absolute atomic E-state index is 0.107. The van der Waals surface area contributed by atoms with Gasteiger partial charge in [-0.2, -0.15) is 4.98 Å². The summed E-state index contributed by atoms with van der Waals surface area (Å²) in [6, 6.07) is 6.34. The molecule has 2 aliphatic rings. The van der Waals surface area contributed by atoms with Crippen LogP contribution in [0.25, 0.3) is 5.65 Å². The molecule has 5 heterocycles. The highest BCUT2D eigenvalue weighted by molar-refractivity contribution is 6.32. The van der Waals surface area contributed by atoms with Gasteiger partial charge in [0.2, 0.25) is 11.9 Å². The largest absolute Gasteiger partial charge is 0.353 e. The molecule has 1 atom stereocenters. The summed E-state index contributed by atoms with van der Waals surface area (Å²) in [7, 11) is 4.01. The van der Waals surface area contributed by atoms with Crippen molar-refractivity contribution in [2.45, 2.75) is 32.4 Å². The fourth-order valence-corrected chi connectivity index (χ4v) is 5.08. The van der Waals surface area contributed by atoms with Gasteiger partial charge in [0.05, 0.1) is 29.5 Å². The number of aromatic nitrogens is 4. The van der Waals surface area contributed by atoms with Crippen LogP contribution in [0.1, 0.15) is 26.5 Å². The molecule has 35 heavy (non-hydrogen) atoms. The molecule has 3 aromatic heterocycles. The summed E-state index contributed by atoms with van der Waals surface area (Å²) in [6.45, 7) is 10.2. The third-order valence-corrected chi connectivity index (χ3v) is 7.97. The highest BCUT2D eigenvalue weighted by atomic mass is 35.5. The lowest BCUT2D eigenvalue weighted by molar-refractivity contribution is -0.140. The summed E-state index contributed by atoms with van der Waals surface area (Å²) >= 11 is 6.48. The number of hydrogen-bond donors (Lipinski definition) is 0. The van der Waals surface area contributed by atoms with Crippen molar-refractivity contribution in [3.63, 3.8) is 0 Å². The molecule has 3 aromatic rings. The monoisotopic (exact) mass is 496 g/mol. The number of amides is 1. The topological polar surface area (TPSA) is 73.1 Å². The standard InChI is InChI=1S/C25H33ClN8O/c1-17-14-32(11-10-30(17)4)24-28-12-19(26)22(29-24)33-15-18(16-33)23(35)31(5)25(2,3)20-13-27-21-8-6-7-9-34(20)21/h6-9,12-13,17-18H,10-11,14-16H2,1-5H3/t17-/m0/s1. The maximum atomic E-state index is 13.4. The minimum Gasteiger partial charge on any atom is -0.353 e. The molecule has 0 spiro atoms. The van der Waals surface area contributed by atoms with Crippen LogP contribution >= 0.6 is 11.6 Å². The lowest BCUT2D eigenvalue weighted by atomic mass is 9.93. The molecule has 0 unspecified atom stereocenters. The molecule has 0 N–H and O–H groups in total. The molecule has 5 rings (SSSR count). The van der Waals surface area contributed by atoms with Gasteiger partial charge in [-0.15, -0.1) is 0 Å².